The van der Waals surface area contributed by atoms with E-state index in [0.717, 1.165) is 11.8 Å². The topological polar surface area (TPSA) is 76.0 Å². The van der Waals surface area contributed by atoms with Crippen molar-refractivity contribution in [3.05, 3.63) is 56.5 Å². The summed E-state index contributed by atoms with van der Waals surface area (Å²) in [4.78, 5) is 0.0415. The molecule has 0 aliphatic rings. The van der Waals surface area contributed by atoms with Crippen LogP contribution in [0.15, 0.2) is 55.4 Å². The van der Waals surface area contributed by atoms with Crippen LogP contribution in [0.4, 0.5) is 0 Å². The quantitative estimate of drug-likeness (QED) is 0.330. The van der Waals surface area contributed by atoms with E-state index in [9.17, 15) is 8.42 Å². The summed E-state index contributed by atoms with van der Waals surface area (Å²) in [7, 11) is -3.99. The van der Waals surface area contributed by atoms with E-state index in [2.05, 4.69) is 37.0 Å². The molecule has 0 radical (unpaired) electrons. The minimum absolute atomic E-state index is 0.0415. The van der Waals surface area contributed by atoms with Gasteiger partial charge in [-0.05, 0) is 47.1 Å². The van der Waals surface area contributed by atoms with Crippen molar-refractivity contribution in [3.8, 4) is 5.75 Å². The molecule has 5 nitrogen and oxygen atoms in total. The summed E-state index contributed by atoms with van der Waals surface area (Å²) < 4.78 is 31.0. The minimum Gasteiger partial charge on any atom is -0.411 e. The van der Waals surface area contributed by atoms with E-state index in [-0.39, 0.29) is 10.6 Å². The predicted octanol–water partition coefficient (Wildman–Crippen LogP) is 4.10. The van der Waals surface area contributed by atoms with Gasteiger partial charge in [-0.1, -0.05) is 38.8 Å². The molecule has 0 heterocycles. The van der Waals surface area contributed by atoms with E-state index in [1.807, 2.05) is 6.92 Å². The molecule has 0 spiro atoms. The Morgan fingerprint density at radius 1 is 1.18 bits per heavy atom. The van der Waals surface area contributed by atoms with Gasteiger partial charge in [0.2, 0.25) is 0 Å². The first-order valence-electron chi connectivity index (χ1n) is 6.01. The average molecular weight is 449 g/mol. The fourth-order valence-electron chi connectivity index (χ4n) is 1.69. The van der Waals surface area contributed by atoms with Crippen LogP contribution >= 0.6 is 31.9 Å². The SMILES string of the molecule is Cc1ccc(S(=O)(=O)Oc2c(Br)cc(Br)cc2/C=N\O)cc1. The molecule has 0 atom stereocenters. The van der Waals surface area contributed by atoms with Gasteiger partial charge in [-0.25, -0.2) is 0 Å². The summed E-state index contributed by atoms with van der Waals surface area (Å²) in [6.07, 6.45) is 1.09. The Morgan fingerprint density at radius 3 is 2.41 bits per heavy atom. The van der Waals surface area contributed by atoms with Gasteiger partial charge in [0.1, 0.15) is 4.90 Å². The fraction of sp³-hybridized carbons (Fsp3) is 0.0714. The zero-order valence-electron chi connectivity index (χ0n) is 11.3. The highest BCUT2D eigenvalue weighted by Crippen LogP contribution is 2.34. The highest BCUT2D eigenvalue weighted by molar-refractivity contribution is 9.11. The number of halogens is 2. The molecule has 0 saturated carbocycles. The van der Waals surface area contributed by atoms with Crippen LogP contribution in [0.2, 0.25) is 0 Å². The number of hydrogen-bond donors (Lipinski definition) is 1. The highest BCUT2D eigenvalue weighted by Gasteiger charge is 2.20. The maximum atomic E-state index is 12.3. The zero-order valence-corrected chi connectivity index (χ0v) is 15.3. The van der Waals surface area contributed by atoms with Gasteiger partial charge in [-0.3, -0.25) is 0 Å². The monoisotopic (exact) mass is 447 g/mol. The van der Waals surface area contributed by atoms with Crippen molar-refractivity contribution in [2.24, 2.45) is 5.16 Å². The van der Waals surface area contributed by atoms with Gasteiger partial charge >= 0.3 is 10.1 Å². The summed E-state index contributed by atoms with van der Waals surface area (Å²) in [6.45, 7) is 1.86. The average Bonchev–Trinajstić information content (AvgIpc) is 2.43. The molecule has 2 rings (SSSR count). The zero-order chi connectivity index (χ0) is 16.3. The molecule has 1 N–H and O–H groups in total. The van der Waals surface area contributed by atoms with Crippen LogP contribution in [0.3, 0.4) is 0 Å². The van der Waals surface area contributed by atoms with Crippen LogP contribution in [0.1, 0.15) is 11.1 Å². The first kappa shape index (κ1) is 17.0. The largest absolute Gasteiger partial charge is 0.411 e. The van der Waals surface area contributed by atoms with Gasteiger partial charge in [0.05, 0.1) is 10.7 Å². The first-order chi connectivity index (χ1) is 10.3. The van der Waals surface area contributed by atoms with Gasteiger partial charge in [0.15, 0.2) is 5.75 Å². The van der Waals surface area contributed by atoms with E-state index in [0.29, 0.717) is 14.5 Å². The second kappa shape index (κ2) is 6.80. The van der Waals surface area contributed by atoms with Crippen molar-refractivity contribution in [1.82, 2.24) is 0 Å². The summed E-state index contributed by atoms with van der Waals surface area (Å²) in [6, 6.07) is 9.51. The van der Waals surface area contributed by atoms with E-state index in [1.54, 1.807) is 24.3 Å². The summed E-state index contributed by atoms with van der Waals surface area (Å²) in [5.74, 6) is 0.0431. The number of hydrogen-bond acceptors (Lipinski definition) is 5. The molecule has 0 aromatic heterocycles. The molecule has 2 aromatic rings. The molecule has 0 unspecified atom stereocenters. The third kappa shape index (κ3) is 3.88. The van der Waals surface area contributed by atoms with Gasteiger partial charge in [-0.2, -0.15) is 8.42 Å². The molecule has 2 aromatic carbocycles. The molecular weight excluding hydrogens is 438 g/mol. The Bertz CT molecular complexity index is 817. The molecule has 0 aliphatic carbocycles. The van der Waals surface area contributed by atoms with Gasteiger partial charge in [0, 0.05) is 10.0 Å². The van der Waals surface area contributed by atoms with Crippen molar-refractivity contribution in [2.75, 3.05) is 0 Å². The third-order valence-electron chi connectivity index (χ3n) is 2.74. The Morgan fingerprint density at radius 2 is 1.82 bits per heavy atom. The second-order valence-corrected chi connectivity index (χ2v) is 7.72. The molecule has 0 saturated heterocycles. The summed E-state index contributed by atoms with van der Waals surface area (Å²) in [5.41, 5.74) is 1.25. The van der Waals surface area contributed by atoms with Crippen LogP contribution in [0.25, 0.3) is 0 Å². The maximum Gasteiger partial charge on any atom is 0.339 e. The van der Waals surface area contributed by atoms with Crippen molar-refractivity contribution >= 4 is 48.2 Å². The van der Waals surface area contributed by atoms with Crippen LogP contribution in [-0.4, -0.2) is 19.8 Å². The Labute approximate surface area is 145 Å². The van der Waals surface area contributed by atoms with Crippen molar-refractivity contribution in [2.45, 2.75) is 11.8 Å². The Balaban J connectivity index is 2.47. The smallest absolute Gasteiger partial charge is 0.339 e. The summed E-state index contributed by atoms with van der Waals surface area (Å²) in [5, 5.41) is 11.6. The van der Waals surface area contributed by atoms with Crippen LogP contribution < -0.4 is 4.18 Å². The molecule has 0 aliphatic heterocycles. The van der Waals surface area contributed by atoms with Crippen LogP contribution in [0, 0.1) is 6.92 Å². The Kier molecular flexibility index (Phi) is 5.25. The van der Waals surface area contributed by atoms with E-state index < -0.39 is 10.1 Å². The first-order valence-corrected chi connectivity index (χ1v) is 9.00. The Hall–Kier alpha value is -1.38. The van der Waals surface area contributed by atoms with Crippen molar-refractivity contribution < 1.29 is 17.8 Å². The molecule has 0 bridgehead atoms. The number of rotatable bonds is 4. The lowest BCUT2D eigenvalue weighted by Crippen LogP contribution is -2.11. The second-order valence-electron chi connectivity index (χ2n) is 4.40. The van der Waals surface area contributed by atoms with Gasteiger partial charge in [0.25, 0.3) is 0 Å². The lowest BCUT2D eigenvalue weighted by Gasteiger charge is -2.12. The summed E-state index contributed by atoms with van der Waals surface area (Å²) >= 11 is 6.51. The normalized spacial score (nSPS) is 11.8. The maximum absolute atomic E-state index is 12.3. The van der Waals surface area contributed by atoms with Gasteiger partial charge in [-0.15, -0.1) is 0 Å². The lowest BCUT2D eigenvalue weighted by molar-refractivity contribution is 0.321. The fourth-order valence-corrected chi connectivity index (χ4v) is 4.11. The van der Waals surface area contributed by atoms with Crippen LogP contribution in [-0.2, 0) is 10.1 Å². The molecule has 8 heteroatoms. The molecule has 116 valence electrons. The van der Waals surface area contributed by atoms with Crippen molar-refractivity contribution in [3.63, 3.8) is 0 Å². The van der Waals surface area contributed by atoms with Crippen molar-refractivity contribution in [1.29, 1.82) is 0 Å². The lowest BCUT2D eigenvalue weighted by atomic mass is 10.2. The minimum atomic E-state index is -3.99. The number of nitrogens with zero attached hydrogens (tertiary/aromatic N) is 1. The van der Waals surface area contributed by atoms with Gasteiger partial charge < -0.3 is 9.39 Å². The van der Waals surface area contributed by atoms with E-state index >= 15 is 0 Å². The van der Waals surface area contributed by atoms with Crippen LogP contribution in [0.5, 0.6) is 5.75 Å². The predicted molar refractivity (Wildman–Crippen MR) is 90.2 cm³/mol. The molecule has 22 heavy (non-hydrogen) atoms. The standard InChI is InChI=1S/C14H11Br2NO4S/c1-9-2-4-12(5-3-9)22(19,20)21-14-10(8-17-18)6-11(15)7-13(14)16/h2-8,18H,1H3/b17-8-. The van der Waals surface area contributed by atoms with E-state index in [1.165, 1.54) is 12.1 Å². The number of aryl methyl sites for hydroxylation is 1. The third-order valence-corrected chi connectivity index (χ3v) is 5.02. The highest BCUT2D eigenvalue weighted by atomic mass is 79.9. The molecule has 0 amide bonds. The molecular formula is C14H11Br2NO4S. The van der Waals surface area contributed by atoms with E-state index in [4.69, 9.17) is 9.39 Å². The number of benzene rings is 2. The number of oxime groups is 1. The molecule has 0 fully saturated rings.